The highest BCUT2D eigenvalue weighted by Crippen LogP contribution is 2.25. The second kappa shape index (κ2) is 6.48. The molecule has 0 saturated carbocycles. The predicted octanol–water partition coefficient (Wildman–Crippen LogP) is 3.82. The largest absolute Gasteiger partial charge is 0.453 e. The fourth-order valence-corrected chi connectivity index (χ4v) is 1.75. The molecular weight excluding hydrogens is 255 g/mol. The first-order valence-electron chi connectivity index (χ1n) is 6.66. The van der Waals surface area contributed by atoms with Gasteiger partial charge in [-0.2, -0.15) is 0 Å². The normalized spacial score (nSPS) is 10.8. The smallest absolute Gasteiger partial charge is 0.165 e. The number of nitrogens with one attached hydrogen (secondary N) is 1. The molecule has 0 atom stereocenters. The molecule has 0 saturated heterocycles. The minimum atomic E-state index is -0.374. The van der Waals surface area contributed by atoms with Crippen molar-refractivity contribution in [3.05, 3.63) is 53.6 Å². The van der Waals surface area contributed by atoms with Crippen LogP contribution in [0.2, 0.25) is 0 Å². The molecule has 1 aromatic carbocycles. The minimum Gasteiger partial charge on any atom is -0.453 e. The van der Waals surface area contributed by atoms with Gasteiger partial charge >= 0.3 is 0 Å². The molecule has 4 heteroatoms. The lowest BCUT2D eigenvalue weighted by Crippen LogP contribution is -2.21. The number of rotatable bonds is 5. The van der Waals surface area contributed by atoms with E-state index in [4.69, 9.17) is 4.74 Å². The molecule has 0 aliphatic heterocycles. The zero-order valence-corrected chi connectivity index (χ0v) is 12.0. The quantitative estimate of drug-likeness (QED) is 0.900. The summed E-state index contributed by atoms with van der Waals surface area (Å²) in [5.41, 5.74) is 1.95. The number of nitrogens with zero attached hydrogens (tertiary/aromatic N) is 1. The highest BCUT2D eigenvalue weighted by Gasteiger charge is 2.06. The van der Waals surface area contributed by atoms with Gasteiger partial charge in [-0.1, -0.05) is 19.9 Å². The van der Waals surface area contributed by atoms with Crippen LogP contribution in [0.4, 0.5) is 4.39 Å². The Morgan fingerprint density at radius 1 is 1.25 bits per heavy atom. The minimum absolute atomic E-state index is 0.223. The lowest BCUT2D eigenvalue weighted by atomic mass is 10.2. The summed E-state index contributed by atoms with van der Waals surface area (Å²) >= 11 is 0. The van der Waals surface area contributed by atoms with Crippen LogP contribution in [0.3, 0.4) is 0 Å². The van der Waals surface area contributed by atoms with Crippen LogP contribution < -0.4 is 10.1 Å². The number of hydrogen-bond acceptors (Lipinski definition) is 3. The van der Waals surface area contributed by atoms with E-state index in [1.165, 1.54) is 6.07 Å². The summed E-state index contributed by atoms with van der Waals surface area (Å²) in [6, 6.07) is 7.05. The molecule has 1 N–H and O–H groups in total. The fraction of sp³-hybridized carbons (Fsp3) is 0.312. The van der Waals surface area contributed by atoms with Crippen molar-refractivity contribution in [2.75, 3.05) is 0 Å². The third-order valence-electron chi connectivity index (χ3n) is 2.80. The standard InChI is InChI=1S/C16H19FN2O/c1-11(2)19-9-13-7-14(10-18-8-13)20-16-6-12(3)4-5-15(16)17/h4-8,10-11,19H,9H2,1-3H3. The Labute approximate surface area is 118 Å². The molecule has 0 aliphatic rings. The van der Waals surface area contributed by atoms with E-state index in [1.54, 1.807) is 24.5 Å². The van der Waals surface area contributed by atoms with Gasteiger partial charge in [0.25, 0.3) is 0 Å². The second-order valence-corrected chi connectivity index (χ2v) is 5.10. The molecule has 3 nitrogen and oxygen atoms in total. The van der Waals surface area contributed by atoms with Crippen molar-refractivity contribution in [3.8, 4) is 11.5 Å². The van der Waals surface area contributed by atoms with Crippen molar-refractivity contribution in [2.45, 2.75) is 33.4 Å². The maximum absolute atomic E-state index is 13.7. The van der Waals surface area contributed by atoms with Crippen LogP contribution in [0.25, 0.3) is 0 Å². The topological polar surface area (TPSA) is 34.1 Å². The molecule has 0 amide bonds. The SMILES string of the molecule is Cc1ccc(F)c(Oc2cncc(CNC(C)C)c2)c1. The zero-order chi connectivity index (χ0) is 14.5. The monoisotopic (exact) mass is 274 g/mol. The van der Waals surface area contributed by atoms with Gasteiger partial charge in [-0.05, 0) is 36.2 Å². The Kier molecular flexibility index (Phi) is 4.69. The van der Waals surface area contributed by atoms with Crippen LogP contribution in [0.15, 0.2) is 36.7 Å². The Bertz CT molecular complexity index is 584. The third-order valence-corrected chi connectivity index (χ3v) is 2.80. The number of pyridine rings is 1. The van der Waals surface area contributed by atoms with Crippen LogP contribution in [0.5, 0.6) is 11.5 Å². The summed E-state index contributed by atoms with van der Waals surface area (Å²) in [7, 11) is 0. The number of aryl methyl sites for hydroxylation is 1. The molecule has 1 aromatic heterocycles. The van der Waals surface area contributed by atoms with Gasteiger partial charge in [0, 0.05) is 18.8 Å². The number of benzene rings is 1. The summed E-state index contributed by atoms with van der Waals surface area (Å²) < 4.78 is 19.2. The average molecular weight is 274 g/mol. The van der Waals surface area contributed by atoms with E-state index in [9.17, 15) is 4.39 Å². The third kappa shape index (κ3) is 4.03. The van der Waals surface area contributed by atoms with E-state index in [0.717, 1.165) is 11.1 Å². The van der Waals surface area contributed by atoms with E-state index in [2.05, 4.69) is 24.1 Å². The molecule has 0 fully saturated rings. The Morgan fingerprint density at radius 3 is 2.80 bits per heavy atom. The molecule has 106 valence electrons. The van der Waals surface area contributed by atoms with Gasteiger partial charge in [0.15, 0.2) is 11.6 Å². The van der Waals surface area contributed by atoms with Crippen molar-refractivity contribution >= 4 is 0 Å². The lowest BCUT2D eigenvalue weighted by molar-refractivity contribution is 0.439. The molecule has 20 heavy (non-hydrogen) atoms. The van der Waals surface area contributed by atoms with E-state index in [0.29, 0.717) is 18.3 Å². The van der Waals surface area contributed by atoms with Gasteiger partial charge in [0.1, 0.15) is 5.75 Å². The molecule has 0 spiro atoms. The highest BCUT2D eigenvalue weighted by molar-refractivity contribution is 5.34. The Morgan fingerprint density at radius 2 is 2.05 bits per heavy atom. The molecule has 2 aromatic rings. The van der Waals surface area contributed by atoms with Crippen LogP contribution in [-0.4, -0.2) is 11.0 Å². The number of halogens is 1. The number of hydrogen-bond donors (Lipinski definition) is 1. The summed E-state index contributed by atoms with van der Waals surface area (Å²) in [6.07, 6.45) is 3.36. The summed E-state index contributed by atoms with van der Waals surface area (Å²) in [5.74, 6) is 0.389. The van der Waals surface area contributed by atoms with Crippen LogP contribution in [0.1, 0.15) is 25.0 Å². The second-order valence-electron chi connectivity index (χ2n) is 5.10. The van der Waals surface area contributed by atoms with Gasteiger partial charge in [0.2, 0.25) is 0 Å². The van der Waals surface area contributed by atoms with E-state index < -0.39 is 0 Å². The lowest BCUT2D eigenvalue weighted by Gasteiger charge is -2.10. The fourth-order valence-electron chi connectivity index (χ4n) is 1.75. The predicted molar refractivity (Wildman–Crippen MR) is 77.4 cm³/mol. The molecule has 0 bridgehead atoms. The number of aromatic nitrogens is 1. The molecule has 0 radical (unpaired) electrons. The summed E-state index contributed by atoms with van der Waals surface area (Å²) in [6.45, 7) is 6.76. The molecule has 0 aliphatic carbocycles. The first-order valence-corrected chi connectivity index (χ1v) is 6.66. The van der Waals surface area contributed by atoms with E-state index in [-0.39, 0.29) is 11.6 Å². The van der Waals surface area contributed by atoms with Crippen molar-refractivity contribution in [1.29, 1.82) is 0 Å². The number of ether oxygens (including phenoxy) is 1. The average Bonchev–Trinajstić information content (AvgIpc) is 2.41. The van der Waals surface area contributed by atoms with Crippen molar-refractivity contribution in [1.82, 2.24) is 10.3 Å². The first kappa shape index (κ1) is 14.5. The molecule has 0 unspecified atom stereocenters. The zero-order valence-electron chi connectivity index (χ0n) is 12.0. The van der Waals surface area contributed by atoms with Crippen molar-refractivity contribution in [2.24, 2.45) is 0 Å². The molecular formula is C16H19FN2O. The summed E-state index contributed by atoms with van der Waals surface area (Å²) in [4.78, 5) is 4.12. The molecule has 2 rings (SSSR count). The maximum Gasteiger partial charge on any atom is 0.165 e. The summed E-state index contributed by atoms with van der Waals surface area (Å²) in [5, 5.41) is 3.30. The van der Waals surface area contributed by atoms with Crippen molar-refractivity contribution in [3.63, 3.8) is 0 Å². The Hall–Kier alpha value is -1.94. The van der Waals surface area contributed by atoms with Crippen LogP contribution in [-0.2, 0) is 6.54 Å². The van der Waals surface area contributed by atoms with Crippen LogP contribution >= 0.6 is 0 Å². The maximum atomic E-state index is 13.7. The van der Waals surface area contributed by atoms with Gasteiger partial charge in [-0.25, -0.2) is 4.39 Å². The van der Waals surface area contributed by atoms with E-state index in [1.807, 2.05) is 13.0 Å². The van der Waals surface area contributed by atoms with Gasteiger partial charge in [-0.15, -0.1) is 0 Å². The first-order chi connectivity index (χ1) is 9.54. The van der Waals surface area contributed by atoms with Gasteiger partial charge in [-0.3, -0.25) is 4.98 Å². The van der Waals surface area contributed by atoms with Crippen LogP contribution in [0, 0.1) is 12.7 Å². The Balaban J connectivity index is 2.13. The highest BCUT2D eigenvalue weighted by atomic mass is 19.1. The van der Waals surface area contributed by atoms with Gasteiger partial charge < -0.3 is 10.1 Å². The van der Waals surface area contributed by atoms with Gasteiger partial charge in [0.05, 0.1) is 6.20 Å². The molecule has 1 heterocycles. The van der Waals surface area contributed by atoms with Crippen molar-refractivity contribution < 1.29 is 9.13 Å². The van der Waals surface area contributed by atoms with E-state index >= 15 is 0 Å².